The average Bonchev–Trinajstić information content (AvgIpc) is 2.15. The van der Waals surface area contributed by atoms with Crippen molar-refractivity contribution < 1.29 is 0 Å². The molecule has 0 saturated carbocycles. The van der Waals surface area contributed by atoms with E-state index in [1.807, 2.05) is 6.08 Å². The molecule has 0 saturated heterocycles. The Kier molecular flexibility index (Phi) is 3.52. The summed E-state index contributed by atoms with van der Waals surface area (Å²) in [4.78, 5) is 0. The molecule has 0 atom stereocenters. The molecule has 0 aromatic heterocycles. The van der Waals surface area contributed by atoms with Crippen molar-refractivity contribution >= 4 is 0 Å². The highest BCUT2D eigenvalue weighted by molar-refractivity contribution is 5.43. The molecule has 1 aliphatic carbocycles. The second kappa shape index (κ2) is 4.66. The van der Waals surface area contributed by atoms with Crippen LogP contribution >= 0.6 is 0 Å². The predicted octanol–water partition coefficient (Wildman–Crippen LogP) is 3.24. The molecular formula is C13H17N. The molecule has 74 valence electrons. The molecule has 1 heteroatoms. The van der Waals surface area contributed by atoms with Crippen LogP contribution in [0, 0.1) is 0 Å². The summed E-state index contributed by atoms with van der Waals surface area (Å²) in [6, 6.07) is 0. The van der Waals surface area contributed by atoms with Gasteiger partial charge in [0.1, 0.15) is 0 Å². The van der Waals surface area contributed by atoms with Crippen molar-refractivity contribution in [2.75, 3.05) is 0 Å². The van der Waals surface area contributed by atoms with E-state index >= 15 is 0 Å². The van der Waals surface area contributed by atoms with Crippen LogP contribution in [0.3, 0.4) is 0 Å². The Balaban J connectivity index is 2.67. The van der Waals surface area contributed by atoms with Gasteiger partial charge in [0.25, 0.3) is 0 Å². The fourth-order valence-electron chi connectivity index (χ4n) is 1.32. The minimum atomic E-state index is 0.564. The Labute approximate surface area is 86.0 Å². The van der Waals surface area contributed by atoms with Gasteiger partial charge in [0.15, 0.2) is 0 Å². The van der Waals surface area contributed by atoms with Crippen molar-refractivity contribution in [3.63, 3.8) is 0 Å². The zero-order valence-electron chi connectivity index (χ0n) is 8.72. The van der Waals surface area contributed by atoms with E-state index in [0.717, 1.165) is 18.4 Å². The van der Waals surface area contributed by atoms with Crippen molar-refractivity contribution in [1.82, 2.24) is 0 Å². The minimum Gasteiger partial charge on any atom is -0.399 e. The highest BCUT2D eigenvalue weighted by atomic mass is 14.5. The first kappa shape index (κ1) is 10.6. The zero-order valence-corrected chi connectivity index (χ0v) is 8.72. The maximum absolute atomic E-state index is 5.44. The zero-order chi connectivity index (χ0) is 10.6. The van der Waals surface area contributed by atoms with Crippen LogP contribution in [-0.2, 0) is 0 Å². The summed E-state index contributed by atoms with van der Waals surface area (Å²) < 4.78 is 0. The van der Waals surface area contributed by atoms with Gasteiger partial charge in [-0.3, -0.25) is 0 Å². The Morgan fingerprint density at radius 1 is 1.29 bits per heavy atom. The van der Waals surface area contributed by atoms with E-state index in [2.05, 4.69) is 32.2 Å². The van der Waals surface area contributed by atoms with Crippen LogP contribution in [-0.4, -0.2) is 0 Å². The van der Waals surface area contributed by atoms with E-state index < -0.39 is 0 Å². The smallest absolute Gasteiger partial charge is 0.0241 e. The summed E-state index contributed by atoms with van der Waals surface area (Å²) in [6.07, 6.45) is 10.2. The summed E-state index contributed by atoms with van der Waals surface area (Å²) in [5, 5.41) is 0. The Hall–Kier alpha value is -1.50. The molecule has 0 radical (unpaired) electrons. The van der Waals surface area contributed by atoms with Gasteiger partial charge in [0.05, 0.1) is 0 Å². The number of allylic oxidation sites excluding steroid dienone is 7. The van der Waals surface area contributed by atoms with Gasteiger partial charge in [-0.05, 0) is 37.0 Å². The largest absolute Gasteiger partial charge is 0.399 e. The highest BCUT2D eigenvalue weighted by Crippen LogP contribution is 2.23. The molecule has 0 unspecified atom stereocenters. The van der Waals surface area contributed by atoms with Crippen LogP contribution in [0.2, 0.25) is 0 Å². The second-order valence-electron chi connectivity index (χ2n) is 3.64. The highest BCUT2D eigenvalue weighted by Gasteiger charge is 2.04. The van der Waals surface area contributed by atoms with E-state index in [9.17, 15) is 0 Å². The van der Waals surface area contributed by atoms with Crippen LogP contribution in [0.25, 0.3) is 0 Å². The van der Waals surface area contributed by atoms with Crippen molar-refractivity contribution in [2.24, 2.45) is 5.73 Å². The third kappa shape index (κ3) is 3.09. The maximum atomic E-state index is 5.44. The van der Waals surface area contributed by atoms with Gasteiger partial charge in [0.2, 0.25) is 0 Å². The van der Waals surface area contributed by atoms with Crippen LogP contribution in [0.4, 0.5) is 0 Å². The normalized spacial score (nSPS) is 16.4. The minimum absolute atomic E-state index is 0.564. The van der Waals surface area contributed by atoms with Crippen LogP contribution < -0.4 is 5.73 Å². The van der Waals surface area contributed by atoms with Gasteiger partial charge in [0, 0.05) is 5.70 Å². The van der Waals surface area contributed by atoms with E-state index in [-0.39, 0.29) is 0 Å². The summed E-state index contributed by atoms with van der Waals surface area (Å²) in [6.45, 7) is 9.74. The number of hydrogen-bond donors (Lipinski definition) is 1. The molecule has 0 aromatic rings. The lowest BCUT2D eigenvalue weighted by molar-refractivity contribution is 0.919. The quantitative estimate of drug-likeness (QED) is 0.674. The fourth-order valence-corrected chi connectivity index (χ4v) is 1.32. The molecule has 0 fully saturated rings. The molecule has 0 aromatic carbocycles. The van der Waals surface area contributed by atoms with Crippen molar-refractivity contribution in [3.8, 4) is 0 Å². The van der Waals surface area contributed by atoms with Gasteiger partial charge in [-0.2, -0.15) is 0 Å². The molecule has 0 amide bonds. The van der Waals surface area contributed by atoms with E-state index in [1.54, 1.807) is 6.08 Å². The lowest BCUT2D eigenvalue weighted by atomic mass is 9.94. The molecule has 0 bridgehead atoms. The van der Waals surface area contributed by atoms with Crippen LogP contribution in [0.1, 0.15) is 19.8 Å². The molecular weight excluding hydrogens is 170 g/mol. The van der Waals surface area contributed by atoms with Crippen LogP contribution in [0.15, 0.2) is 59.9 Å². The van der Waals surface area contributed by atoms with Gasteiger partial charge < -0.3 is 5.73 Å². The standard InChI is InChI=1S/C13H17N/c1-10-4-8-13(9-5-10)11(2)6-7-12(3)14/h4,6-8H,2-3,5,9,14H2,1H3/b7-6-. The molecule has 2 N–H and O–H groups in total. The molecule has 0 aliphatic heterocycles. The maximum Gasteiger partial charge on any atom is 0.0241 e. The van der Waals surface area contributed by atoms with Crippen molar-refractivity contribution in [3.05, 3.63) is 59.9 Å². The SMILES string of the molecule is C=C(N)/C=C\C(=C)C1=CC=C(C)CC1. The summed E-state index contributed by atoms with van der Waals surface area (Å²) in [5.41, 5.74) is 9.74. The van der Waals surface area contributed by atoms with Gasteiger partial charge in [-0.25, -0.2) is 0 Å². The molecule has 1 rings (SSSR count). The molecule has 1 aliphatic rings. The molecule has 14 heavy (non-hydrogen) atoms. The Morgan fingerprint density at radius 2 is 2.00 bits per heavy atom. The Morgan fingerprint density at radius 3 is 2.50 bits per heavy atom. The van der Waals surface area contributed by atoms with E-state index in [4.69, 9.17) is 5.73 Å². The fraction of sp³-hybridized carbons (Fsp3) is 0.231. The first-order valence-electron chi connectivity index (χ1n) is 4.77. The van der Waals surface area contributed by atoms with E-state index in [0.29, 0.717) is 5.70 Å². The lowest BCUT2D eigenvalue weighted by Crippen LogP contribution is -1.94. The third-order valence-electron chi connectivity index (χ3n) is 2.27. The third-order valence-corrected chi connectivity index (χ3v) is 2.27. The summed E-state index contributed by atoms with van der Waals surface area (Å²) in [7, 11) is 0. The first-order valence-corrected chi connectivity index (χ1v) is 4.77. The Bertz CT molecular complexity index is 340. The van der Waals surface area contributed by atoms with Crippen molar-refractivity contribution in [2.45, 2.75) is 19.8 Å². The van der Waals surface area contributed by atoms with Crippen molar-refractivity contribution in [1.29, 1.82) is 0 Å². The van der Waals surface area contributed by atoms with Gasteiger partial charge in [-0.15, -0.1) is 0 Å². The topological polar surface area (TPSA) is 26.0 Å². The summed E-state index contributed by atoms with van der Waals surface area (Å²) >= 11 is 0. The lowest BCUT2D eigenvalue weighted by Gasteiger charge is -2.11. The number of nitrogens with two attached hydrogens (primary N) is 1. The summed E-state index contributed by atoms with van der Waals surface area (Å²) in [5.74, 6) is 0. The molecule has 0 heterocycles. The molecule has 1 nitrogen and oxygen atoms in total. The second-order valence-corrected chi connectivity index (χ2v) is 3.64. The number of rotatable bonds is 3. The predicted molar refractivity (Wildman–Crippen MR) is 62.7 cm³/mol. The van der Waals surface area contributed by atoms with Gasteiger partial charge >= 0.3 is 0 Å². The first-order chi connectivity index (χ1) is 6.59. The van der Waals surface area contributed by atoms with E-state index in [1.165, 1.54) is 11.1 Å². The average molecular weight is 187 g/mol. The number of hydrogen-bond acceptors (Lipinski definition) is 1. The van der Waals surface area contributed by atoms with Crippen LogP contribution in [0.5, 0.6) is 0 Å². The van der Waals surface area contributed by atoms with Gasteiger partial charge in [-0.1, -0.05) is 37.0 Å². The monoisotopic (exact) mass is 187 g/mol. The molecule has 0 spiro atoms.